The van der Waals surface area contributed by atoms with Crippen molar-refractivity contribution in [3.8, 4) is 5.75 Å². The summed E-state index contributed by atoms with van der Waals surface area (Å²) in [6, 6.07) is 8.66. The highest BCUT2D eigenvalue weighted by Crippen LogP contribution is 2.53. The minimum absolute atomic E-state index is 0.0895. The van der Waals surface area contributed by atoms with Crippen molar-refractivity contribution >= 4 is 0 Å². The van der Waals surface area contributed by atoms with Gasteiger partial charge in [0.15, 0.2) is 0 Å². The molecule has 0 unspecified atom stereocenters. The number of rotatable bonds is 3. The molecule has 1 heterocycles. The van der Waals surface area contributed by atoms with Crippen molar-refractivity contribution in [2.75, 3.05) is 20.6 Å². The zero-order valence-corrected chi connectivity index (χ0v) is 11.5. The monoisotopic (exact) mass is 245 g/mol. The Morgan fingerprint density at radius 2 is 2.11 bits per heavy atom. The summed E-state index contributed by atoms with van der Waals surface area (Å²) in [7, 11) is 4.30. The number of para-hydroxylation sites is 1. The molecule has 0 aromatic heterocycles. The molecule has 2 atom stereocenters. The van der Waals surface area contributed by atoms with Crippen LogP contribution in [-0.4, -0.2) is 31.1 Å². The van der Waals surface area contributed by atoms with Crippen molar-refractivity contribution in [2.24, 2.45) is 0 Å². The summed E-state index contributed by atoms with van der Waals surface area (Å²) >= 11 is 0. The SMILES string of the molecule is CN(C)CC[C@]12CCCC[C@H]1c1ccccc1O2. The number of nitrogens with zero attached hydrogens (tertiary/aromatic N) is 1. The van der Waals surface area contributed by atoms with E-state index in [4.69, 9.17) is 4.74 Å². The van der Waals surface area contributed by atoms with E-state index in [-0.39, 0.29) is 5.60 Å². The molecule has 98 valence electrons. The van der Waals surface area contributed by atoms with Crippen molar-refractivity contribution in [1.82, 2.24) is 4.90 Å². The minimum atomic E-state index is 0.0895. The molecule has 3 rings (SSSR count). The Kier molecular flexibility index (Phi) is 3.06. The first-order valence-corrected chi connectivity index (χ1v) is 7.14. The number of benzene rings is 1. The van der Waals surface area contributed by atoms with E-state index >= 15 is 0 Å². The third-order valence-corrected chi connectivity index (χ3v) is 4.57. The van der Waals surface area contributed by atoms with Crippen molar-refractivity contribution in [3.63, 3.8) is 0 Å². The lowest BCUT2D eigenvalue weighted by atomic mass is 9.72. The summed E-state index contributed by atoms with van der Waals surface area (Å²) in [6.45, 7) is 1.12. The second kappa shape index (κ2) is 4.58. The van der Waals surface area contributed by atoms with Gasteiger partial charge in [-0.2, -0.15) is 0 Å². The molecule has 1 aliphatic carbocycles. The van der Waals surface area contributed by atoms with Gasteiger partial charge in [0.2, 0.25) is 0 Å². The zero-order valence-electron chi connectivity index (χ0n) is 11.5. The largest absolute Gasteiger partial charge is 0.486 e. The Labute approximate surface area is 110 Å². The molecule has 1 fully saturated rings. The normalized spacial score (nSPS) is 29.8. The van der Waals surface area contributed by atoms with Gasteiger partial charge in [0.05, 0.1) is 0 Å². The third kappa shape index (κ3) is 1.93. The number of ether oxygens (including phenoxy) is 1. The van der Waals surface area contributed by atoms with Gasteiger partial charge in [0, 0.05) is 24.4 Å². The molecule has 0 bridgehead atoms. The van der Waals surface area contributed by atoms with E-state index in [2.05, 4.69) is 43.3 Å². The average molecular weight is 245 g/mol. The van der Waals surface area contributed by atoms with Crippen LogP contribution in [0.5, 0.6) is 5.75 Å². The topological polar surface area (TPSA) is 12.5 Å². The van der Waals surface area contributed by atoms with Gasteiger partial charge in [-0.25, -0.2) is 0 Å². The molecular weight excluding hydrogens is 222 g/mol. The molecule has 0 spiro atoms. The molecule has 1 saturated carbocycles. The first kappa shape index (κ1) is 12.0. The van der Waals surface area contributed by atoms with Gasteiger partial charge in [0.1, 0.15) is 11.4 Å². The molecule has 0 saturated heterocycles. The number of hydrogen-bond acceptors (Lipinski definition) is 2. The summed E-state index contributed by atoms with van der Waals surface area (Å²) in [4.78, 5) is 2.27. The lowest BCUT2D eigenvalue weighted by Gasteiger charge is -2.39. The summed E-state index contributed by atoms with van der Waals surface area (Å²) in [6.07, 6.45) is 6.34. The van der Waals surface area contributed by atoms with E-state index in [1.807, 2.05) is 0 Å². The van der Waals surface area contributed by atoms with Crippen LogP contribution in [0, 0.1) is 0 Å². The van der Waals surface area contributed by atoms with E-state index in [1.54, 1.807) is 0 Å². The molecule has 0 radical (unpaired) electrons. The van der Waals surface area contributed by atoms with Crippen LogP contribution in [0.4, 0.5) is 0 Å². The third-order valence-electron chi connectivity index (χ3n) is 4.57. The van der Waals surface area contributed by atoms with Gasteiger partial charge in [-0.3, -0.25) is 0 Å². The highest BCUT2D eigenvalue weighted by atomic mass is 16.5. The average Bonchev–Trinajstić information content (AvgIpc) is 2.71. The summed E-state index contributed by atoms with van der Waals surface area (Å²) in [5.41, 5.74) is 1.54. The van der Waals surface area contributed by atoms with Crippen LogP contribution < -0.4 is 4.74 Å². The maximum Gasteiger partial charge on any atom is 0.123 e. The van der Waals surface area contributed by atoms with Crippen LogP contribution in [0.25, 0.3) is 0 Å². The van der Waals surface area contributed by atoms with Crippen LogP contribution >= 0.6 is 0 Å². The Bertz CT molecular complexity index is 429. The molecule has 2 heteroatoms. The molecule has 1 aliphatic heterocycles. The van der Waals surface area contributed by atoms with Crippen LogP contribution in [0.1, 0.15) is 43.6 Å². The molecule has 0 N–H and O–H groups in total. The van der Waals surface area contributed by atoms with E-state index < -0.39 is 0 Å². The Hall–Kier alpha value is -1.02. The van der Waals surface area contributed by atoms with E-state index in [9.17, 15) is 0 Å². The van der Waals surface area contributed by atoms with Crippen molar-refractivity contribution in [2.45, 2.75) is 43.6 Å². The van der Waals surface area contributed by atoms with E-state index in [0.717, 1.165) is 18.7 Å². The molecule has 1 aromatic rings. The summed E-state index contributed by atoms with van der Waals surface area (Å²) < 4.78 is 6.42. The lowest BCUT2D eigenvalue weighted by molar-refractivity contribution is 0.0214. The van der Waals surface area contributed by atoms with Gasteiger partial charge >= 0.3 is 0 Å². The maximum absolute atomic E-state index is 6.42. The van der Waals surface area contributed by atoms with Crippen molar-refractivity contribution < 1.29 is 4.74 Å². The van der Waals surface area contributed by atoms with E-state index in [1.165, 1.54) is 31.2 Å². The Morgan fingerprint density at radius 1 is 1.28 bits per heavy atom. The summed E-state index contributed by atoms with van der Waals surface area (Å²) in [5.74, 6) is 1.77. The molecule has 0 amide bonds. The smallest absolute Gasteiger partial charge is 0.123 e. The molecule has 1 aromatic carbocycles. The predicted molar refractivity (Wildman–Crippen MR) is 74.2 cm³/mol. The fourth-order valence-electron chi connectivity index (χ4n) is 3.61. The highest BCUT2D eigenvalue weighted by molar-refractivity contribution is 5.43. The number of hydrogen-bond donors (Lipinski definition) is 0. The van der Waals surface area contributed by atoms with Gasteiger partial charge in [-0.15, -0.1) is 0 Å². The first-order chi connectivity index (χ1) is 8.71. The van der Waals surface area contributed by atoms with Crippen molar-refractivity contribution in [1.29, 1.82) is 0 Å². The highest BCUT2D eigenvalue weighted by Gasteiger charge is 2.48. The minimum Gasteiger partial charge on any atom is -0.486 e. The van der Waals surface area contributed by atoms with Crippen LogP contribution in [-0.2, 0) is 0 Å². The van der Waals surface area contributed by atoms with Gasteiger partial charge < -0.3 is 9.64 Å². The molecular formula is C16H23NO. The van der Waals surface area contributed by atoms with Gasteiger partial charge in [-0.1, -0.05) is 24.6 Å². The fourth-order valence-corrected chi connectivity index (χ4v) is 3.61. The fraction of sp³-hybridized carbons (Fsp3) is 0.625. The van der Waals surface area contributed by atoms with Gasteiger partial charge in [0.25, 0.3) is 0 Å². The molecule has 2 aliphatic rings. The Balaban J connectivity index is 1.89. The zero-order chi connectivity index (χ0) is 12.6. The second-order valence-electron chi connectivity index (χ2n) is 6.06. The van der Waals surface area contributed by atoms with Crippen LogP contribution in [0.2, 0.25) is 0 Å². The van der Waals surface area contributed by atoms with Crippen molar-refractivity contribution in [3.05, 3.63) is 29.8 Å². The maximum atomic E-state index is 6.42. The van der Waals surface area contributed by atoms with Crippen LogP contribution in [0.3, 0.4) is 0 Å². The van der Waals surface area contributed by atoms with E-state index in [0.29, 0.717) is 5.92 Å². The Morgan fingerprint density at radius 3 is 2.94 bits per heavy atom. The lowest BCUT2D eigenvalue weighted by Crippen LogP contribution is -2.42. The summed E-state index contributed by atoms with van der Waals surface area (Å²) in [5, 5.41) is 0. The quantitative estimate of drug-likeness (QED) is 0.809. The predicted octanol–water partition coefficient (Wildman–Crippen LogP) is 3.43. The molecule has 18 heavy (non-hydrogen) atoms. The second-order valence-corrected chi connectivity index (χ2v) is 6.06. The molecule has 2 nitrogen and oxygen atoms in total. The first-order valence-electron chi connectivity index (χ1n) is 7.14. The van der Waals surface area contributed by atoms with Gasteiger partial charge in [-0.05, 0) is 39.4 Å². The number of fused-ring (bicyclic) bond motifs is 3. The van der Waals surface area contributed by atoms with Crippen LogP contribution in [0.15, 0.2) is 24.3 Å². The standard InChI is InChI=1S/C16H23NO/c1-17(2)12-11-16-10-6-5-8-14(16)13-7-3-4-9-15(13)18-16/h3-4,7,9,14H,5-6,8,10-12H2,1-2H3/t14-,16+/m0/s1.